The molecule has 0 saturated carbocycles. The van der Waals surface area contributed by atoms with E-state index in [2.05, 4.69) is 0 Å². The Kier molecular flexibility index (Phi) is 5.32. The van der Waals surface area contributed by atoms with Crippen molar-refractivity contribution in [2.45, 2.75) is 6.92 Å². The van der Waals surface area contributed by atoms with Gasteiger partial charge in [-0.2, -0.15) is 0 Å². The van der Waals surface area contributed by atoms with Gasteiger partial charge in [-0.05, 0) is 48.9 Å². The second kappa shape index (κ2) is 8.31. The number of aromatic carboxylic acids is 1. The van der Waals surface area contributed by atoms with Gasteiger partial charge in [0.1, 0.15) is 5.70 Å². The third kappa shape index (κ3) is 3.84. The van der Waals surface area contributed by atoms with Crippen molar-refractivity contribution in [3.05, 3.63) is 105 Å². The molecule has 0 radical (unpaired) electrons. The molecule has 2 heterocycles. The highest BCUT2D eigenvalue weighted by Gasteiger charge is 2.34. The molecule has 0 aliphatic carbocycles. The number of hydrogen-bond acceptors (Lipinski definition) is 4. The van der Waals surface area contributed by atoms with Crippen LogP contribution >= 0.6 is 22.9 Å². The number of anilines is 1. The maximum absolute atomic E-state index is 13.5. The molecule has 7 heteroatoms. The summed E-state index contributed by atoms with van der Waals surface area (Å²) in [5, 5.41) is 10.6. The number of hydrogen-bond donors (Lipinski definition) is 1. The molecule has 5 rings (SSSR count). The normalized spacial score (nSPS) is 14.8. The fourth-order valence-corrected chi connectivity index (χ4v) is 5.14. The number of halogens is 1. The molecule has 1 N–H and O–H groups in total. The van der Waals surface area contributed by atoms with Gasteiger partial charge in [0.15, 0.2) is 5.84 Å². The van der Waals surface area contributed by atoms with Crippen LogP contribution in [0.3, 0.4) is 0 Å². The van der Waals surface area contributed by atoms with Crippen molar-refractivity contribution in [2.24, 2.45) is 4.99 Å². The number of amides is 1. The second-order valence-electron chi connectivity index (χ2n) is 7.61. The summed E-state index contributed by atoms with van der Waals surface area (Å²) in [5.41, 5.74) is 2.89. The average molecular weight is 473 g/mol. The Morgan fingerprint density at radius 2 is 1.73 bits per heavy atom. The molecular formula is C26H17ClN2O3S. The second-order valence-corrected chi connectivity index (χ2v) is 9.04. The monoisotopic (exact) mass is 472 g/mol. The average Bonchev–Trinajstić information content (AvgIpc) is 3.32. The number of carbonyl (C=O) groups excluding carboxylic acids is 1. The van der Waals surface area contributed by atoms with Gasteiger partial charge in [0, 0.05) is 10.1 Å². The summed E-state index contributed by atoms with van der Waals surface area (Å²) in [6, 6.07) is 21.8. The van der Waals surface area contributed by atoms with Crippen LogP contribution in [-0.2, 0) is 4.79 Å². The summed E-state index contributed by atoms with van der Waals surface area (Å²) < 4.78 is 1.01. The number of benzene rings is 3. The summed E-state index contributed by atoms with van der Waals surface area (Å²) in [4.78, 5) is 31.6. The first-order valence-corrected chi connectivity index (χ1v) is 11.3. The van der Waals surface area contributed by atoms with Crippen molar-refractivity contribution in [3.63, 3.8) is 0 Å². The largest absolute Gasteiger partial charge is 0.478 e. The van der Waals surface area contributed by atoms with Gasteiger partial charge in [-0.15, -0.1) is 11.3 Å². The van der Waals surface area contributed by atoms with Crippen molar-refractivity contribution in [1.29, 1.82) is 0 Å². The van der Waals surface area contributed by atoms with E-state index in [1.165, 1.54) is 23.5 Å². The van der Waals surface area contributed by atoms with Crippen molar-refractivity contribution in [2.75, 3.05) is 4.90 Å². The van der Waals surface area contributed by atoms with Gasteiger partial charge in [0.05, 0.1) is 21.2 Å². The van der Waals surface area contributed by atoms with E-state index in [4.69, 9.17) is 21.7 Å². The quantitative estimate of drug-likeness (QED) is 0.349. The molecule has 0 atom stereocenters. The molecule has 1 aliphatic heterocycles. The molecule has 1 aliphatic rings. The first kappa shape index (κ1) is 21.1. The van der Waals surface area contributed by atoms with Gasteiger partial charge in [-0.3, -0.25) is 9.69 Å². The van der Waals surface area contributed by atoms with Gasteiger partial charge < -0.3 is 5.11 Å². The number of aliphatic imine (C=N–C) groups is 1. The summed E-state index contributed by atoms with van der Waals surface area (Å²) in [7, 11) is 0. The van der Waals surface area contributed by atoms with Gasteiger partial charge in [0.25, 0.3) is 5.91 Å². The standard InChI is InChI=1S/C26H17ClN2O3S/c1-15-6-12-18(13-7-15)29-24(23-22(27)19-4-2-3-5-21(19)33-23)28-20(25(29)30)14-16-8-10-17(11-9-16)26(31)32/h2-14H,1H3,(H,31,32)/b20-14+. The number of carbonyl (C=O) groups is 2. The Balaban J connectivity index is 1.64. The molecule has 0 unspecified atom stereocenters. The van der Waals surface area contributed by atoms with Crippen molar-refractivity contribution >= 4 is 62.5 Å². The van der Waals surface area contributed by atoms with E-state index >= 15 is 0 Å². The molecule has 0 fully saturated rings. The van der Waals surface area contributed by atoms with E-state index in [0.717, 1.165) is 20.5 Å². The smallest absolute Gasteiger partial charge is 0.335 e. The number of carboxylic acids is 1. The van der Waals surface area contributed by atoms with Crippen LogP contribution in [0.25, 0.3) is 16.2 Å². The van der Waals surface area contributed by atoms with Crippen LogP contribution in [0.5, 0.6) is 0 Å². The van der Waals surface area contributed by atoms with E-state index in [0.29, 0.717) is 22.1 Å². The zero-order chi connectivity index (χ0) is 23.1. The van der Waals surface area contributed by atoms with Gasteiger partial charge >= 0.3 is 5.97 Å². The van der Waals surface area contributed by atoms with Crippen LogP contribution in [0.1, 0.15) is 26.4 Å². The zero-order valence-corrected chi connectivity index (χ0v) is 19.0. The summed E-state index contributed by atoms with van der Waals surface area (Å²) in [6.45, 7) is 1.99. The Bertz CT molecular complexity index is 1470. The summed E-state index contributed by atoms with van der Waals surface area (Å²) in [5.74, 6) is -0.801. The van der Waals surface area contributed by atoms with Crippen molar-refractivity contribution < 1.29 is 14.7 Å². The maximum atomic E-state index is 13.5. The third-order valence-corrected chi connectivity index (χ3v) is 7.02. The first-order valence-electron chi connectivity index (χ1n) is 10.1. The van der Waals surface area contributed by atoms with E-state index < -0.39 is 5.97 Å². The van der Waals surface area contributed by atoms with Crippen LogP contribution in [0.15, 0.2) is 83.5 Å². The van der Waals surface area contributed by atoms with Crippen LogP contribution in [0, 0.1) is 6.92 Å². The molecular weight excluding hydrogens is 456 g/mol. The lowest BCUT2D eigenvalue weighted by atomic mass is 10.1. The Morgan fingerprint density at radius 3 is 2.39 bits per heavy atom. The fraction of sp³-hybridized carbons (Fsp3) is 0.0385. The number of thiophene rings is 1. The molecule has 0 spiro atoms. The van der Waals surface area contributed by atoms with E-state index in [1.54, 1.807) is 23.1 Å². The molecule has 3 aromatic carbocycles. The lowest BCUT2D eigenvalue weighted by molar-refractivity contribution is -0.113. The lowest BCUT2D eigenvalue weighted by Crippen LogP contribution is -2.32. The number of rotatable bonds is 4. The molecule has 0 saturated heterocycles. The Labute approximate surface area is 198 Å². The SMILES string of the molecule is Cc1ccc(N2C(=O)/C(=C\c3ccc(C(=O)O)cc3)N=C2c2sc3ccccc3c2Cl)cc1. The number of carboxylic acid groups (broad SMARTS) is 1. The highest BCUT2D eigenvalue weighted by molar-refractivity contribution is 7.21. The Morgan fingerprint density at radius 1 is 1.03 bits per heavy atom. The molecule has 5 nitrogen and oxygen atoms in total. The molecule has 1 amide bonds. The minimum absolute atomic E-state index is 0.178. The maximum Gasteiger partial charge on any atom is 0.335 e. The van der Waals surface area contributed by atoms with Crippen molar-refractivity contribution in [3.8, 4) is 0 Å². The number of aryl methyl sites for hydroxylation is 1. The molecule has 4 aromatic rings. The lowest BCUT2D eigenvalue weighted by Gasteiger charge is -2.18. The van der Waals surface area contributed by atoms with E-state index in [1.807, 2.05) is 55.5 Å². The van der Waals surface area contributed by atoms with Crippen molar-refractivity contribution in [1.82, 2.24) is 0 Å². The number of nitrogens with zero attached hydrogens (tertiary/aromatic N) is 2. The summed E-state index contributed by atoms with van der Waals surface area (Å²) >= 11 is 8.22. The third-order valence-electron chi connectivity index (χ3n) is 5.35. The summed E-state index contributed by atoms with van der Waals surface area (Å²) in [6.07, 6.45) is 1.66. The predicted molar refractivity (Wildman–Crippen MR) is 133 cm³/mol. The van der Waals surface area contributed by atoms with Crippen LogP contribution in [-0.4, -0.2) is 22.8 Å². The van der Waals surface area contributed by atoms with Gasteiger partial charge in [-0.25, -0.2) is 9.79 Å². The van der Waals surface area contributed by atoms with Crippen LogP contribution < -0.4 is 4.90 Å². The fourth-order valence-electron chi connectivity index (χ4n) is 3.64. The topological polar surface area (TPSA) is 70.0 Å². The predicted octanol–water partition coefficient (Wildman–Crippen LogP) is 6.40. The number of fused-ring (bicyclic) bond motifs is 1. The minimum atomic E-state index is -1.00. The number of amidine groups is 1. The van der Waals surface area contributed by atoms with E-state index in [-0.39, 0.29) is 17.2 Å². The highest BCUT2D eigenvalue weighted by atomic mass is 35.5. The Hall–Kier alpha value is -3.74. The van der Waals surface area contributed by atoms with Gasteiger partial charge in [0.2, 0.25) is 0 Å². The highest BCUT2D eigenvalue weighted by Crippen LogP contribution is 2.39. The first-order chi connectivity index (χ1) is 15.9. The zero-order valence-electron chi connectivity index (χ0n) is 17.4. The van der Waals surface area contributed by atoms with Gasteiger partial charge in [-0.1, -0.05) is 59.6 Å². The molecule has 0 bridgehead atoms. The molecule has 33 heavy (non-hydrogen) atoms. The van der Waals surface area contributed by atoms with Crippen LogP contribution in [0.2, 0.25) is 5.02 Å². The minimum Gasteiger partial charge on any atom is -0.478 e. The van der Waals surface area contributed by atoms with E-state index in [9.17, 15) is 9.59 Å². The van der Waals surface area contributed by atoms with Crippen LogP contribution in [0.4, 0.5) is 5.69 Å². The molecule has 162 valence electrons. The molecule has 1 aromatic heterocycles.